The summed E-state index contributed by atoms with van der Waals surface area (Å²) in [5, 5.41) is 14.3. The first kappa shape index (κ1) is 11.9. The van der Waals surface area contributed by atoms with Crippen molar-refractivity contribution in [3.8, 4) is 0 Å². The van der Waals surface area contributed by atoms with Crippen LogP contribution in [0.4, 0.5) is 11.4 Å². The molecule has 0 radical (unpaired) electrons. The van der Waals surface area contributed by atoms with Crippen LogP contribution in [0, 0.1) is 10.1 Å². The average molecular weight is 253 g/mol. The maximum atomic E-state index is 11.0. The van der Waals surface area contributed by atoms with Crippen molar-refractivity contribution in [2.45, 2.75) is 25.3 Å². The molecule has 5 heteroatoms. The minimum atomic E-state index is -0.441. The van der Waals surface area contributed by atoms with Gasteiger partial charge in [-0.05, 0) is 31.4 Å². The number of rotatable bonds is 3. The van der Waals surface area contributed by atoms with E-state index in [2.05, 4.69) is 17.5 Å². The van der Waals surface area contributed by atoms with Gasteiger partial charge in [-0.1, -0.05) is 29.8 Å². The molecule has 4 nitrogen and oxygen atoms in total. The van der Waals surface area contributed by atoms with Gasteiger partial charge in [0.1, 0.15) is 10.7 Å². The number of hydrogen-bond donors (Lipinski definition) is 1. The molecular weight excluding hydrogens is 240 g/mol. The fourth-order valence-corrected chi connectivity index (χ4v) is 2.21. The van der Waals surface area contributed by atoms with E-state index >= 15 is 0 Å². The molecule has 0 saturated heterocycles. The number of nitrogens with zero attached hydrogens (tertiary/aromatic N) is 1. The maximum Gasteiger partial charge on any atom is 0.310 e. The minimum absolute atomic E-state index is 0.0382. The molecule has 0 fully saturated rings. The van der Waals surface area contributed by atoms with E-state index in [4.69, 9.17) is 11.6 Å². The highest BCUT2D eigenvalue weighted by molar-refractivity contribution is 6.33. The normalized spacial score (nSPS) is 19.0. The van der Waals surface area contributed by atoms with E-state index in [-0.39, 0.29) is 16.8 Å². The predicted octanol–water partition coefficient (Wildman–Crippen LogP) is 3.77. The van der Waals surface area contributed by atoms with Gasteiger partial charge in [0, 0.05) is 6.04 Å². The summed E-state index contributed by atoms with van der Waals surface area (Å²) in [6.07, 6.45) is 7.11. The fourth-order valence-electron chi connectivity index (χ4n) is 1.96. The number of nitro groups is 1. The largest absolute Gasteiger partial charge is 0.376 e. The van der Waals surface area contributed by atoms with Gasteiger partial charge in [-0.3, -0.25) is 10.1 Å². The van der Waals surface area contributed by atoms with Crippen molar-refractivity contribution < 1.29 is 4.92 Å². The molecule has 0 heterocycles. The summed E-state index contributed by atoms with van der Waals surface area (Å²) in [5.74, 6) is 0. The lowest BCUT2D eigenvalue weighted by Crippen LogP contribution is -2.20. The third-order valence-electron chi connectivity index (χ3n) is 2.80. The number of nitro benzene ring substituents is 1. The van der Waals surface area contributed by atoms with Crippen LogP contribution in [-0.2, 0) is 0 Å². The Kier molecular flexibility index (Phi) is 3.64. The molecule has 0 bridgehead atoms. The third kappa shape index (κ3) is 2.77. The second-order valence-electron chi connectivity index (χ2n) is 4.02. The number of nitrogens with one attached hydrogen (secondary N) is 1. The van der Waals surface area contributed by atoms with E-state index in [1.54, 1.807) is 12.1 Å². The van der Waals surface area contributed by atoms with E-state index < -0.39 is 4.92 Å². The van der Waals surface area contributed by atoms with Crippen molar-refractivity contribution in [2.75, 3.05) is 5.32 Å². The lowest BCUT2D eigenvalue weighted by molar-refractivity contribution is -0.383. The molecule has 0 aromatic heterocycles. The van der Waals surface area contributed by atoms with Gasteiger partial charge in [-0.2, -0.15) is 0 Å². The Labute approximate surface area is 104 Å². The van der Waals surface area contributed by atoms with Crippen LogP contribution in [-0.4, -0.2) is 11.0 Å². The molecule has 1 atom stereocenters. The molecule has 1 unspecified atom stereocenters. The Bertz CT molecular complexity index is 460. The number of halogens is 1. The van der Waals surface area contributed by atoms with E-state index in [1.807, 2.05) is 0 Å². The summed E-state index contributed by atoms with van der Waals surface area (Å²) in [6, 6.07) is 5.20. The summed E-state index contributed by atoms with van der Waals surface area (Å²) in [4.78, 5) is 10.5. The highest BCUT2D eigenvalue weighted by atomic mass is 35.5. The Morgan fingerprint density at radius 1 is 1.41 bits per heavy atom. The zero-order valence-electron chi connectivity index (χ0n) is 9.23. The predicted molar refractivity (Wildman–Crippen MR) is 68.5 cm³/mol. The molecule has 1 aliphatic rings. The first-order chi connectivity index (χ1) is 8.18. The molecular formula is C12H13ClN2O2. The van der Waals surface area contributed by atoms with Crippen LogP contribution in [0.15, 0.2) is 30.4 Å². The Balaban J connectivity index is 2.23. The van der Waals surface area contributed by atoms with Crippen LogP contribution in [0.5, 0.6) is 0 Å². The zero-order chi connectivity index (χ0) is 12.3. The first-order valence-corrected chi connectivity index (χ1v) is 5.90. The molecule has 2 rings (SSSR count). The van der Waals surface area contributed by atoms with Gasteiger partial charge in [0.15, 0.2) is 0 Å². The Morgan fingerprint density at radius 3 is 2.88 bits per heavy atom. The molecule has 1 N–H and O–H groups in total. The van der Waals surface area contributed by atoms with Gasteiger partial charge in [0.25, 0.3) is 0 Å². The summed E-state index contributed by atoms with van der Waals surface area (Å²) >= 11 is 5.85. The topological polar surface area (TPSA) is 55.2 Å². The number of benzene rings is 1. The first-order valence-electron chi connectivity index (χ1n) is 5.53. The zero-order valence-corrected chi connectivity index (χ0v) is 9.98. The smallest absolute Gasteiger partial charge is 0.310 e. The van der Waals surface area contributed by atoms with Gasteiger partial charge in [0.2, 0.25) is 0 Å². The van der Waals surface area contributed by atoms with Gasteiger partial charge < -0.3 is 5.32 Å². The number of hydrogen-bond acceptors (Lipinski definition) is 3. The average Bonchev–Trinajstić information content (AvgIpc) is 2.30. The van der Waals surface area contributed by atoms with E-state index in [0.717, 1.165) is 19.3 Å². The molecule has 0 saturated carbocycles. The molecule has 1 aromatic rings. The monoisotopic (exact) mass is 252 g/mol. The maximum absolute atomic E-state index is 11.0. The van der Waals surface area contributed by atoms with Crippen molar-refractivity contribution in [3.63, 3.8) is 0 Å². The van der Waals surface area contributed by atoms with Crippen molar-refractivity contribution in [1.29, 1.82) is 0 Å². The number of allylic oxidation sites excluding steroid dienone is 1. The van der Waals surface area contributed by atoms with Crippen LogP contribution >= 0.6 is 11.6 Å². The van der Waals surface area contributed by atoms with Gasteiger partial charge in [-0.15, -0.1) is 0 Å². The molecule has 1 aliphatic carbocycles. The summed E-state index contributed by atoms with van der Waals surface area (Å²) in [6.45, 7) is 0. The van der Waals surface area contributed by atoms with Gasteiger partial charge in [0.05, 0.1) is 4.92 Å². The van der Waals surface area contributed by atoms with Crippen molar-refractivity contribution in [1.82, 2.24) is 0 Å². The Hall–Kier alpha value is -1.55. The molecule has 17 heavy (non-hydrogen) atoms. The Morgan fingerprint density at radius 2 is 2.24 bits per heavy atom. The van der Waals surface area contributed by atoms with Crippen molar-refractivity contribution in [3.05, 3.63) is 45.5 Å². The standard InChI is InChI=1S/C12H13ClN2O2/c13-10-7-4-8-11(12(10)15(16)17)14-9-5-2-1-3-6-9/h1-2,4,7-9,14H,3,5-6H2. The summed E-state index contributed by atoms with van der Waals surface area (Å²) in [5.41, 5.74) is 0.464. The van der Waals surface area contributed by atoms with Crippen LogP contribution in [0.25, 0.3) is 0 Å². The van der Waals surface area contributed by atoms with Gasteiger partial charge in [-0.25, -0.2) is 0 Å². The highest BCUT2D eigenvalue weighted by Gasteiger charge is 2.20. The lowest BCUT2D eigenvalue weighted by Gasteiger charge is -2.20. The molecule has 0 amide bonds. The number of anilines is 1. The molecule has 1 aromatic carbocycles. The van der Waals surface area contributed by atoms with Crippen molar-refractivity contribution >= 4 is 23.0 Å². The highest BCUT2D eigenvalue weighted by Crippen LogP contribution is 2.33. The summed E-state index contributed by atoms with van der Waals surface area (Å²) < 4.78 is 0. The quantitative estimate of drug-likeness (QED) is 0.506. The minimum Gasteiger partial charge on any atom is -0.376 e. The second-order valence-corrected chi connectivity index (χ2v) is 4.43. The van der Waals surface area contributed by atoms with E-state index in [1.165, 1.54) is 6.07 Å². The van der Waals surface area contributed by atoms with Crippen LogP contribution in [0.2, 0.25) is 5.02 Å². The van der Waals surface area contributed by atoms with Gasteiger partial charge >= 0.3 is 5.69 Å². The lowest BCUT2D eigenvalue weighted by atomic mass is 10.0. The molecule has 90 valence electrons. The van der Waals surface area contributed by atoms with Crippen LogP contribution in [0.1, 0.15) is 19.3 Å². The molecule has 0 aliphatic heterocycles. The van der Waals surface area contributed by atoms with Crippen LogP contribution in [0.3, 0.4) is 0 Å². The fraction of sp³-hybridized carbons (Fsp3) is 0.333. The van der Waals surface area contributed by atoms with Crippen molar-refractivity contribution in [2.24, 2.45) is 0 Å². The number of para-hydroxylation sites is 1. The van der Waals surface area contributed by atoms with Crippen LogP contribution < -0.4 is 5.32 Å². The van der Waals surface area contributed by atoms with E-state index in [9.17, 15) is 10.1 Å². The molecule has 0 spiro atoms. The second kappa shape index (κ2) is 5.19. The summed E-state index contributed by atoms with van der Waals surface area (Å²) in [7, 11) is 0. The van der Waals surface area contributed by atoms with E-state index in [0.29, 0.717) is 5.69 Å². The SMILES string of the molecule is O=[N+]([O-])c1c(Cl)cccc1NC1CC=CCC1. The third-order valence-corrected chi connectivity index (χ3v) is 3.10.